The summed E-state index contributed by atoms with van der Waals surface area (Å²) in [5.41, 5.74) is 2.89. The average molecular weight is 307 g/mol. The van der Waals surface area contributed by atoms with Gasteiger partial charge in [0.25, 0.3) is 0 Å². The molecule has 0 aliphatic heterocycles. The Bertz CT molecular complexity index is 877. The van der Waals surface area contributed by atoms with E-state index in [1.807, 2.05) is 24.3 Å². The Morgan fingerprint density at radius 3 is 2.78 bits per heavy atom. The fourth-order valence-electron chi connectivity index (χ4n) is 2.11. The molecule has 0 unspecified atom stereocenters. The lowest BCUT2D eigenvalue weighted by atomic mass is 10.2. The van der Waals surface area contributed by atoms with Crippen LogP contribution in [0.2, 0.25) is 0 Å². The molecular weight excluding hydrogens is 293 g/mol. The fraction of sp³-hybridized carbons (Fsp3) is 0.0556. The van der Waals surface area contributed by atoms with Crippen molar-refractivity contribution in [3.63, 3.8) is 0 Å². The predicted molar refractivity (Wildman–Crippen MR) is 86.8 cm³/mol. The van der Waals surface area contributed by atoms with Crippen LogP contribution in [-0.4, -0.2) is 15.9 Å². The van der Waals surface area contributed by atoms with E-state index in [2.05, 4.69) is 15.3 Å². The van der Waals surface area contributed by atoms with E-state index < -0.39 is 0 Å². The Hall–Kier alpha value is -3.08. The highest BCUT2D eigenvalue weighted by Crippen LogP contribution is 2.09. The van der Waals surface area contributed by atoms with Gasteiger partial charge < -0.3 is 5.32 Å². The molecule has 0 radical (unpaired) electrons. The molecule has 23 heavy (non-hydrogen) atoms. The van der Waals surface area contributed by atoms with E-state index in [4.69, 9.17) is 0 Å². The number of fused-ring (bicyclic) bond motifs is 1. The maximum Gasteiger partial charge on any atom is 0.244 e. The van der Waals surface area contributed by atoms with Crippen LogP contribution in [0.3, 0.4) is 0 Å². The van der Waals surface area contributed by atoms with Crippen molar-refractivity contribution in [2.45, 2.75) is 6.54 Å². The van der Waals surface area contributed by atoms with Gasteiger partial charge in [0.05, 0.1) is 22.9 Å². The van der Waals surface area contributed by atoms with Crippen molar-refractivity contribution >= 4 is 23.0 Å². The van der Waals surface area contributed by atoms with Crippen LogP contribution in [0.1, 0.15) is 11.3 Å². The van der Waals surface area contributed by atoms with E-state index in [1.54, 1.807) is 24.4 Å². The van der Waals surface area contributed by atoms with Crippen molar-refractivity contribution < 1.29 is 9.18 Å². The van der Waals surface area contributed by atoms with Crippen LogP contribution < -0.4 is 5.32 Å². The van der Waals surface area contributed by atoms with Gasteiger partial charge in [0.15, 0.2) is 0 Å². The van der Waals surface area contributed by atoms with Crippen molar-refractivity contribution in [3.8, 4) is 0 Å². The van der Waals surface area contributed by atoms with Gasteiger partial charge in [-0.3, -0.25) is 9.78 Å². The van der Waals surface area contributed by atoms with Gasteiger partial charge in [0, 0.05) is 12.6 Å². The highest BCUT2D eigenvalue weighted by Gasteiger charge is 2.00. The Balaban J connectivity index is 1.63. The first kappa shape index (κ1) is 14.8. The molecule has 0 spiro atoms. The van der Waals surface area contributed by atoms with Gasteiger partial charge >= 0.3 is 0 Å². The number of rotatable bonds is 4. The number of hydrogen-bond acceptors (Lipinski definition) is 3. The van der Waals surface area contributed by atoms with Gasteiger partial charge in [-0.1, -0.05) is 24.3 Å². The number of aromatic nitrogens is 2. The smallest absolute Gasteiger partial charge is 0.244 e. The zero-order chi connectivity index (χ0) is 16.1. The molecule has 1 aromatic heterocycles. The van der Waals surface area contributed by atoms with E-state index in [-0.39, 0.29) is 18.3 Å². The standard InChI is InChI=1S/C18H14FN3O/c19-14-5-3-4-13(10-14)11-21-18(23)9-8-15-12-20-16-6-1-2-7-17(16)22-15/h1-10,12H,11H2,(H,21,23)/b9-8+. The molecule has 114 valence electrons. The summed E-state index contributed by atoms with van der Waals surface area (Å²) >= 11 is 0. The number of nitrogens with zero attached hydrogens (tertiary/aromatic N) is 2. The van der Waals surface area contributed by atoms with E-state index in [0.717, 1.165) is 11.0 Å². The van der Waals surface area contributed by atoms with Crippen LogP contribution in [0, 0.1) is 5.82 Å². The zero-order valence-corrected chi connectivity index (χ0v) is 12.2. The minimum absolute atomic E-state index is 0.268. The summed E-state index contributed by atoms with van der Waals surface area (Å²) in [4.78, 5) is 20.5. The molecule has 0 saturated heterocycles. The minimum atomic E-state index is -0.321. The monoisotopic (exact) mass is 307 g/mol. The summed E-state index contributed by atoms with van der Waals surface area (Å²) in [5.74, 6) is -0.594. The normalized spacial score (nSPS) is 11.0. The molecular formula is C18H14FN3O. The van der Waals surface area contributed by atoms with Gasteiger partial charge in [0.2, 0.25) is 5.91 Å². The number of benzene rings is 2. The van der Waals surface area contributed by atoms with Gasteiger partial charge in [-0.25, -0.2) is 9.37 Å². The lowest BCUT2D eigenvalue weighted by molar-refractivity contribution is -0.116. The molecule has 0 bridgehead atoms. The molecule has 0 fully saturated rings. The van der Waals surface area contributed by atoms with E-state index in [0.29, 0.717) is 11.3 Å². The molecule has 1 amide bonds. The Morgan fingerprint density at radius 2 is 1.96 bits per heavy atom. The molecule has 0 atom stereocenters. The molecule has 0 aliphatic carbocycles. The highest BCUT2D eigenvalue weighted by atomic mass is 19.1. The largest absolute Gasteiger partial charge is 0.348 e. The summed E-state index contributed by atoms with van der Waals surface area (Å²) in [6, 6.07) is 13.6. The second kappa shape index (κ2) is 6.79. The number of amides is 1. The number of nitrogens with one attached hydrogen (secondary N) is 1. The first-order valence-electron chi connectivity index (χ1n) is 7.13. The summed E-state index contributed by atoms with van der Waals surface area (Å²) in [5, 5.41) is 2.69. The number of para-hydroxylation sites is 2. The summed E-state index contributed by atoms with van der Waals surface area (Å²) in [6.07, 6.45) is 4.59. The average Bonchev–Trinajstić information content (AvgIpc) is 2.58. The van der Waals surface area contributed by atoms with Gasteiger partial charge in [-0.15, -0.1) is 0 Å². The Morgan fingerprint density at radius 1 is 1.13 bits per heavy atom. The van der Waals surface area contributed by atoms with E-state index >= 15 is 0 Å². The van der Waals surface area contributed by atoms with Crippen LogP contribution in [0.25, 0.3) is 17.1 Å². The summed E-state index contributed by atoms with van der Waals surface area (Å²) < 4.78 is 13.0. The van der Waals surface area contributed by atoms with Crippen molar-refractivity contribution in [1.29, 1.82) is 0 Å². The molecule has 3 aromatic rings. The lowest BCUT2D eigenvalue weighted by Crippen LogP contribution is -2.20. The van der Waals surface area contributed by atoms with Crippen molar-refractivity contribution in [2.24, 2.45) is 0 Å². The summed E-state index contributed by atoms with van der Waals surface area (Å²) in [7, 11) is 0. The molecule has 4 nitrogen and oxygen atoms in total. The third kappa shape index (κ3) is 3.97. The molecule has 5 heteroatoms. The predicted octanol–water partition coefficient (Wildman–Crippen LogP) is 3.10. The van der Waals surface area contributed by atoms with Gasteiger partial charge in [-0.05, 0) is 35.9 Å². The number of carbonyl (C=O) groups is 1. The van der Waals surface area contributed by atoms with Crippen LogP contribution in [0.4, 0.5) is 4.39 Å². The SMILES string of the molecule is O=C(/C=C/c1cnc2ccccc2n1)NCc1cccc(F)c1. The summed E-state index contributed by atoms with van der Waals surface area (Å²) in [6.45, 7) is 0.268. The fourth-order valence-corrected chi connectivity index (χ4v) is 2.11. The lowest BCUT2D eigenvalue weighted by Gasteiger charge is -2.02. The topological polar surface area (TPSA) is 54.9 Å². The molecule has 0 saturated carbocycles. The van der Waals surface area contributed by atoms with Crippen molar-refractivity contribution in [1.82, 2.24) is 15.3 Å². The number of carbonyl (C=O) groups excluding carboxylic acids is 1. The quantitative estimate of drug-likeness (QED) is 0.754. The third-order valence-corrected chi connectivity index (χ3v) is 3.23. The Labute approximate surface area is 132 Å². The number of hydrogen-bond donors (Lipinski definition) is 1. The van der Waals surface area contributed by atoms with Crippen molar-refractivity contribution in [3.05, 3.63) is 77.9 Å². The van der Waals surface area contributed by atoms with E-state index in [9.17, 15) is 9.18 Å². The van der Waals surface area contributed by atoms with E-state index in [1.165, 1.54) is 18.2 Å². The van der Waals surface area contributed by atoms with Crippen molar-refractivity contribution in [2.75, 3.05) is 0 Å². The molecule has 0 aliphatic rings. The van der Waals surface area contributed by atoms with Crippen LogP contribution in [0.15, 0.2) is 60.8 Å². The number of halogens is 1. The maximum absolute atomic E-state index is 13.0. The molecule has 3 rings (SSSR count). The van der Waals surface area contributed by atoms with Gasteiger partial charge in [0.1, 0.15) is 5.82 Å². The van der Waals surface area contributed by atoms with Crippen LogP contribution in [-0.2, 0) is 11.3 Å². The second-order valence-corrected chi connectivity index (χ2v) is 4.96. The zero-order valence-electron chi connectivity index (χ0n) is 12.2. The first-order chi connectivity index (χ1) is 11.2. The maximum atomic E-state index is 13.0. The molecule has 1 N–H and O–H groups in total. The van der Waals surface area contributed by atoms with Gasteiger partial charge in [-0.2, -0.15) is 0 Å². The van der Waals surface area contributed by atoms with Crippen LogP contribution in [0.5, 0.6) is 0 Å². The Kier molecular flexibility index (Phi) is 4.38. The van der Waals surface area contributed by atoms with Crippen LogP contribution >= 0.6 is 0 Å². The second-order valence-electron chi connectivity index (χ2n) is 4.96. The molecule has 2 aromatic carbocycles. The third-order valence-electron chi connectivity index (χ3n) is 3.23. The minimum Gasteiger partial charge on any atom is -0.348 e. The highest BCUT2D eigenvalue weighted by molar-refractivity contribution is 5.91. The first-order valence-corrected chi connectivity index (χ1v) is 7.13. The molecule has 1 heterocycles.